The predicted octanol–water partition coefficient (Wildman–Crippen LogP) is 2.78. The molecule has 0 aliphatic heterocycles. The molecule has 0 aliphatic rings. The minimum absolute atomic E-state index is 0.235. The molecule has 6 heteroatoms. The summed E-state index contributed by atoms with van der Waals surface area (Å²) in [6.45, 7) is 3.20. The Balaban J connectivity index is 2.16. The van der Waals surface area contributed by atoms with E-state index in [0.29, 0.717) is 27.4 Å². The highest BCUT2D eigenvalue weighted by Crippen LogP contribution is 2.16. The van der Waals surface area contributed by atoms with Crippen molar-refractivity contribution >= 4 is 22.9 Å². The number of rotatable bonds is 2. The molecule has 0 bridgehead atoms. The van der Waals surface area contributed by atoms with E-state index in [-0.39, 0.29) is 11.0 Å². The first-order valence-corrected chi connectivity index (χ1v) is 7.11. The molecular weight excluding hydrogens is 294 g/mol. The lowest BCUT2D eigenvalue weighted by Crippen LogP contribution is -2.24. The van der Waals surface area contributed by atoms with Crippen LogP contribution in [0.5, 0.6) is 0 Å². The van der Waals surface area contributed by atoms with Crippen LogP contribution < -0.4 is 4.43 Å². The van der Waals surface area contributed by atoms with Gasteiger partial charge >= 0.3 is 0 Å². The van der Waals surface area contributed by atoms with Gasteiger partial charge in [0.2, 0.25) is 5.69 Å². The Morgan fingerprint density at radius 1 is 1.13 bits per heavy atom. The van der Waals surface area contributed by atoms with Crippen LogP contribution in [-0.4, -0.2) is 15.7 Å². The van der Waals surface area contributed by atoms with Gasteiger partial charge in [-0.25, -0.2) is 0 Å². The molecule has 3 aromatic rings. The Labute approximate surface area is 132 Å². The van der Waals surface area contributed by atoms with Crippen molar-refractivity contribution in [1.29, 1.82) is 0 Å². The Kier molecular flexibility index (Phi) is 3.57. The fourth-order valence-electron chi connectivity index (χ4n) is 2.40. The van der Waals surface area contributed by atoms with E-state index in [1.807, 2.05) is 6.07 Å². The number of benzene rings is 2. The molecule has 0 radical (unpaired) electrons. The van der Waals surface area contributed by atoms with Gasteiger partial charge in [-0.05, 0) is 19.1 Å². The van der Waals surface area contributed by atoms with Crippen molar-refractivity contribution in [3.8, 4) is 0 Å². The monoisotopic (exact) mass is 309 g/mol. The molecule has 0 unspecified atom stereocenters. The summed E-state index contributed by atoms with van der Waals surface area (Å²) in [5.74, 6) is 0. The Bertz CT molecular complexity index is 976. The van der Waals surface area contributed by atoms with Crippen LogP contribution in [-0.2, 0) is 0 Å². The molecule has 0 atom stereocenters. The fraction of sp³-hybridized carbons (Fsp3) is 0.118. The van der Waals surface area contributed by atoms with Crippen LogP contribution in [0.15, 0.2) is 48.5 Å². The minimum Gasteiger partial charge on any atom is -0.805 e. The smallest absolute Gasteiger partial charge is 0.286 e. The number of aromatic nitrogens is 2. The second-order valence-corrected chi connectivity index (χ2v) is 5.30. The maximum Gasteiger partial charge on any atom is 0.286 e. The first-order valence-electron chi connectivity index (χ1n) is 7.11. The van der Waals surface area contributed by atoms with Crippen molar-refractivity contribution < 1.29 is 9.17 Å². The molecule has 6 nitrogen and oxygen atoms in total. The summed E-state index contributed by atoms with van der Waals surface area (Å²) in [7, 11) is 0. The van der Waals surface area contributed by atoms with E-state index in [2.05, 4.69) is 0 Å². The van der Waals surface area contributed by atoms with Gasteiger partial charge in [0.05, 0.1) is 10.1 Å². The van der Waals surface area contributed by atoms with Gasteiger partial charge in [0.1, 0.15) is 5.52 Å². The topological polar surface area (TPSA) is 77.0 Å². The average molecular weight is 309 g/mol. The number of hydrogen-bond acceptors (Lipinski definition) is 3. The van der Waals surface area contributed by atoms with Crippen LogP contribution in [0.2, 0.25) is 0 Å². The van der Waals surface area contributed by atoms with Gasteiger partial charge in [-0.3, -0.25) is 0 Å². The molecule has 0 saturated heterocycles. The largest absolute Gasteiger partial charge is 0.805 e. The first-order chi connectivity index (χ1) is 11.0. The van der Waals surface area contributed by atoms with E-state index in [1.54, 1.807) is 50.2 Å². The van der Waals surface area contributed by atoms with Gasteiger partial charge in [0.15, 0.2) is 6.21 Å². The number of fused-ring (bicyclic) bond motifs is 1. The summed E-state index contributed by atoms with van der Waals surface area (Å²) < 4.78 is 2.17. The highest BCUT2D eigenvalue weighted by molar-refractivity contribution is 5.84. The standard InChI is InChI=1S/C17H15N3O3/c1-12-13(2)20(23)17-10-14(8-9-16(17)19(12)22)11-18(21)15-6-4-3-5-7-15/h3-11H,1-2H3/b18-11+. The second kappa shape index (κ2) is 5.57. The van der Waals surface area contributed by atoms with Crippen LogP contribution in [0.25, 0.3) is 11.0 Å². The quantitative estimate of drug-likeness (QED) is 0.316. The van der Waals surface area contributed by atoms with Crippen molar-refractivity contribution in [2.45, 2.75) is 13.8 Å². The van der Waals surface area contributed by atoms with Crippen LogP contribution in [0.4, 0.5) is 5.69 Å². The molecule has 0 saturated carbocycles. The van der Waals surface area contributed by atoms with E-state index in [9.17, 15) is 15.3 Å². The molecular formula is C17H15N3O3. The predicted molar refractivity (Wildman–Crippen MR) is 88.4 cm³/mol. The molecule has 116 valence electrons. The van der Waals surface area contributed by atoms with Crippen LogP contribution in [0.3, 0.4) is 0 Å². The molecule has 1 heterocycles. The van der Waals surface area contributed by atoms with E-state index >= 15 is 0 Å². The molecule has 0 amide bonds. The summed E-state index contributed by atoms with van der Waals surface area (Å²) in [5.41, 5.74) is 2.24. The summed E-state index contributed by atoms with van der Waals surface area (Å²) >= 11 is 0. The molecule has 0 aliphatic carbocycles. The Hall–Kier alpha value is -3.15. The summed E-state index contributed by atoms with van der Waals surface area (Å²) in [6.07, 6.45) is 1.37. The zero-order valence-electron chi connectivity index (χ0n) is 12.8. The molecule has 0 N–H and O–H groups in total. The molecule has 3 rings (SSSR count). The summed E-state index contributed by atoms with van der Waals surface area (Å²) in [6, 6.07) is 13.5. The second-order valence-electron chi connectivity index (χ2n) is 5.30. The Morgan fingerprint density at radius 3 is 2.52 bits per heavy atom. The third-order valence-electron chi connectivity index (χ3n) is 3.85. The SMILES string of the molecule is Cc1c(C)[n+](=O)c2ccc(/C=[N+](/[O-])c3ccccc3)cc2n1[O-]. The molecule has 23 heavy (non-hydrogen) atoms. The third kappa shape index (κ3) is 2.55. The van der Waals surface area contributed by atoms with Crippen molar-refractivity contribution in [2.24, 2.45) is 0 Å². The fourth-order valence-corrected chi connectivity index (χ4v) is 2.40. The maximum absolute atomic E-state index is 12.3. The summed E-state index contributed by atoms with van der Waals surface area (Å²) in [4.78, 5) is 12.1. The van der Waals surface area contributed by atoms with E-state index in [1.165, 1.54) is 12.3 Å². The molecule has 0 spiro atoms. The van der Waals surface area contributed by atoms with Gasteiger partial charge in [-0.1, -0.05) is 18.2 Å². The van der Waals surface area contributed by atoms with Gasteiger partial charge in [0.25, 0.3) is 11.2 Å². The van der Waals surface area contributed by atoms with Crippen molar-refractivity contribution in [3.05, 3.63) is 80.8 Å². The first kappa shape index (κ1) is 14.8. The van der Waals surface area contributed by atoms with Crippen molar-refractivity contribution in [2.75, 3.05) is 0 Å². The normalized spacial score (nSPS) is 11.8. The van der Waals surface area contributed by atoms with E-state index in [0.717, 1.165) is 9.17 Å². The Morgan fingerprint density at radius 2 is 1.83 bits per heavy atom. The van der Waals surface area contributed by atoms with Gasteiger partial charge in [-0.15, -0.1) is 0 Å². The van der Waals surface area contributed by atoms with E-state index in [4.69, 9.17) is 0 Å². The van der Waals surface area contributed by atoms with Crippen molar-refractivity contribution in [1.82, 2.24) is 4.73 Å². The summed E-state index contributed by atoms with van der Waals surface area (Å²) in [5, 5.41) is 24.4. The average Bonchev–Trinajstić information content (AvgIpc) is 2.58. The zero-order valence-corrected chi connectivity index (χ0v) is 12.8. The minimum atomic E-state index is 0.235. The van der Waals surface area contributed by atoms with E-state index < -0.39 is 0 Å². The van der Waals surface area contributed by atoms with Gasteiger partial charge in [0, 0.05) is 35.6 Å². The number of para-hydroxylation sites is 1. The lowest BCUT2D eigenvalue weighted by molar-refractivity contribution is -0.473. The van der Waals surface area contributed by atoms with Crippen LogP contribution in [0.1, 0.15) is 17.0 Å². The highest BCUT2D eigenvalue weighted by Gasteiger charge is 2.16. The lowest BCUT2D eigenvalue weighted by Gasteiger charge is -2.15. The van der Waals surface area contributed by atoms with Gasteiger partial charge < -0.3 is 15.1 Å². The molecule has 0 fully saturated rings. The van der Waals surface area contributed by atoms with Crippen LogP contribution in [0, 0.1) is 29.2 Å². The van der Waals surface area contributed by atoms with Crippen LogP contribution >= 0.6 is 0 Å². The zero-order chi connectivity index (χ0) is 16.6. The lowest BCUT2D eigenvalue weighted by atomic mass is 10.2. The molecule has 1 aromatic heterocycles. The highest BCUT2D eigenvalue weighted by atomic mass is 16.5. The maximum atomic E-state index is 12.3. The molecule has 2 aromatic carbocycles. The van der Waals surface area contributed by atoms with Gasteiger partial charge in [-0.2, -0.15) is 4.74 Å². The third-order valence-corrected chi connectivity index (χ3v) is 3.85. The number of hydrogen-bond donors (Lipinski definition) is 0. The van der Waals surface area contributed by atoms with Crippen molar-refractivity contribution in [3.63, 3.8) is 0 Å². The number of nitrogens with zero attached hydrogens (tertiary/aromatic N) is 3.